The summed E-state index contributed by atoms with van der Waals surface area (Å²) in [5.74, 6) is 0. The SMILES string of the molecule is NCCCCc1c(-c2cncc(Br)c2)[nH]c2ccc(C(F)(F)F)cc12. The van der Waals surface area contributed by atoms with E-state index in [9.17, 15) is 13.2 Å². The lowest BCUT2D eigenvalue weighted by molar-refractivity contribution is -0.137. The summed E-state index contributed by atoms with van der Waals surface area (Å²) in [6, 6.07) is 5.71. The first-order valence-electron chi connectivity index (χ1n) is 7.93. The molecule has 0 aliphatic heterocycles. The predicted molar refractivity (Wildman–Crippen MR) is 96.2 cm³/mol. The number of rotatable bonds is 5. The van der Waals surface area contributed by atoms with Crippen LogP contribution >= 0.6 is 15.9 Å². The lowest BCUT2D eigenvalue weighted by Crippen LogP contribution is -2.04. The number of aromatic amines is 1. The fraction of sp³-hybridized carbons (Fsp3) is 0.278. The van der Waals surface area contributed by atoms with Crippen molar-refractivity contribution in [1.82, 2.24) is 9.97 Å². The monoisotopic (exact) mass is 411 g/mol. The molecule has 3 rings (SSSR count). The first-order chi connectivity index (χ1) is 11.9. The molecule has 0 radical (unpaired) electrons. The van der Waals surface area contributed by atoms with E-state index in [2.05, 4.69) is 25.9 Å². The molecule has 2 heterocycles. The van der Waals surface area contributed by atoms with Crippen molar-refractivity contribution in [3.63, 3.8) is 0 Å². The Balaban J connectivity index is 2.16. The maximum atomic E-state index is 13.1. The minimum Gasteiger partial charge on any atom is -0.354 e. The maximum absolute atomic E-state index is 13.1. The van der Waals surface area contributed by atoms with Crippen LogP contribution in [0.1, 0.15) is 24.0 Å². The minimum absolute atomic E-state index is 0.559. The summed E-state index contributed by atoms with van der Waals surface area (Å²) >= 11 is 3.39. The second-order valence-electron chi connectivity index (χ2n) is 5.87. The molecule has 0 saturated carbocycles. The Morgan fingerprint density at radius 3 is 2.60 bits per heavy atom. The average molecular weight is 412 g/mol. The van der Waals surface area contributed by atoms with Crippen molar-refractivity contribution in [1.29, 1.82) is 0 Å². The third kappa shape index (κ3) is 3.88. The van der Waals surface area contributed by atoms with Gasteiger partial charge in [-0.25, -0.2) is 0 Å². The van der Waals surface area contributed by atoms with E-state index < -0.39 is 11.7 Å². The van der Waals surface area contributed by atoms with Crippen molar-refractivity contribution < 1.29 is 13.2 Å². The lowest BCUT2D eigenvalue weighted by Gasteiger charge is -2.08. The standard InChI is InChI=1S/C18H17BrF3N3/c19-13-7-11(9-24-10-13)17-14(3-1-2-6-23)15-8-12(18(20,21)22)4-5-16(15)25-17/h4-5,7-10,25H,1-3,6,23H2. The Morgan fingerprint density at radius 1 is 1.12 bits per heavy atom. The molecule has 0 fully saturated rings. The highest BCUT2D eigenvalue weighted by Gasteiger charge is 2.31. The molecule has 0 unspecified atom stereocenters. The number of nitrogens with zero attached hydrogens (tertiary/aromatic N) is 1. The lowest BCUT2D eigenvalue weighted by atomic mass is 10.00. The molecule has 132 valence electrons. The highest BCUT2D eigenvalue weighted by Crippen LogP contribution is 2.36. The van der Waals surface area contributed by atoms with Crippen LogP contribution in [0.5, 0.6) is 0 Å². The van der Waals surface area contributed by atoms with Gasteiger partial charge in [0.05, 0.1) is 11.3 Å². The third-order valence-electron chi connectivity index (χ3n) is 4.11. The van der Waals surface area contributed by atoms with Crippen LogP contribution in [0.15, 0.2) is 41.1 Å². The molecule has 1 aromatic carbocycles. The highest BCUT2D eigenvalue weighted by molar-refractivity contribution is 9.10. The summed E-state index contributed by atoms with van der Waals surface area (Å²) in [6.07, 6.45) is 1.29. The fourth-order valence-electron chi connectivity index (χ4n) is 2.92. The molecule has 2 aromatic heterocycles. The number of alkyl halides is 3. The van der Waals surface area contributed by atoms with Gasteiger partial charge in [-0.15, -0.1) is 0 Å². The smallest absolute Gasteiger partial charge is 0.354 e. The van der Waals surface area contributed by atoms with Crippen LogP contribution < -0.4 is 5.73 Å². The van der Waals surface area contributed by atoms with Crippen LogP contribution in [0.3, 0.4) is 0 Å². The van der Waals surface area contributed by atoms with Crippen LogP contribution in [-0.4, -0.2) is 16.5 Å². The van der Waals surface area contributed by atoms with Crippen LogP contribution in [0.4, 0.5) is 13.2 Å². The van der Waals surface area contributed by atoms with Crippen molar-refractivity contribution in [2.75, 3.05) is 6.54 Å². The summed E-state index contributed by atoms with van der Waals surface area (Å²) < 4.78 is 40.1. The summed E-state index contributed by atoms with van der Waals surface area (Å²) in [4.78, 5) is 7.41. The number of halogens is 4. The van der Waals surface area contributed by atoms with Gasteiger partial charge in [-0.3, -0.25) is 4.98 Å². The molecule has 3 nitrogen and oxygen atoms in total. The quantitative estimate of drug-likeness (QED) is 0.560. The van der Waals surface area contributed by atoms with Gasteiger partial charge >= 0.3 is 6.18 Å². The molecule has 0 bridgehead atoms. The topological polar surface area (TPSA) is 54.7 Å². The Labute approximate surface area is 151 Å². The number of unbranched alkanes of at least 4 members (excludes halogenated alkanes) is 1. The molecule has 0 atom stereocenters. The maximum Gasteiger partial charge on any atom is 0.416 e. The predicted octanol–water partition coefficient (Wildman–Crippen LogP) is 5.29. The number of aromatic nitrogens is 2. The van der Waals surface area contributed by atoms with E-state index in [4.69, 9.17) is 5.73 Å². The summed E-state index contributed by atoms with van der Waals surface area (Å²) in [7, 11) is 0. The zero-order valence-corrected chi connectivity index (χ0v) is 14.9. The minimum atomic E-state index is -4.36. The zero-order valence-electron chi connectivity index (χ0n) is 13.3. The molecule has 0 aliphatic carbocycles. The molecular formula is C18H17BrF3N3. The highest BCUT2D eigenvalue weighted by atomic mass is 79.9. The van der Waals surface area contributed by atoms with Gasteiger partial charge in [0.1, 0.15) is 0 Å². The Hall–Kier alpha value is -1.86. The Kier molecular flexibility index (Phi) is 5.15. The molecule has 0 aliphatic rings. The summed E-state index contributed by atoms with van der Waals surface area (Å²) in [5, 5.41) is 0.599. The Bertz CT molecular complexity index is 887. The van der Waals surface area contributed by atoms with Gasteiger partial charge in [-0.1, -0.05) is 0 Å². The van der Waals surface area contributed by atoms with Gasteiger partial charge in [0.25, 0.3) is 0 Å². The molecule has 0 amide bonds. The Morgan fingerprint density at radius 2 is 1.92 bits per heavy atom. The number of hydrogen-bond donors (Lipinski definition) is 2. The van der Waals surface area contributed by atoms with Crippen molar-refractivity contribution in [3.8, 4) is 11.3 Å². The van der Waals surface area contributed by atoms with Crippen LogP contribution in [0.2, 0.25) is 0 Å². The molecule has 25 heavy (non-hydrogen) atoms. The number of nitrogens with one attached hydrogen (secondary N) is 1. The second-order valence-corrected chi connectivity index (χ2v) is 6.79. The van der Waals surface area contributed by atoms with E-state index in [-0.39, 0.29) is 0 Å². The van der Waals surface area contributed by atoms with Gasteiger partial charge in [0.15, 0.2) is 0 Å². The summed E-state index contributed by atoms with van der Waals surface area (Å²) in [6.45, 7) is 0.559. The zero-order chi connectivity index (χ0) is 18.0. The van der Waals surface area contributed by atoms with Gasteiger partial charge in [-0.05, 0) is 71.6 Å². The van der Waals surface area contributed by atoms with Crippen LogP contribution in [0, 0.1) is 0 Å². The van der Waals surface area contributed by atoms with E-state index in [0.717, 1.165) is 40.2 Å². The van der Waals surface area contributed by atoms with Gasteiger partial charge in [0, 0.05) is 33.3 Å². The third-order valence-corrected chi connectivity index (χ3v) is 4.54. The average Bonchev–Trinajstić information content (AvgIpc) is 2.92. The van der Waals surface area contributed by atoms with Crippen molar-refractivity contribution >= 4 is 26.8 Å². The van der Waals surface area contributed by atoms with E-state index in [0.29, 0.717) is 23.9 Å². The number of hydrogen-bond acceptors (Lipinski definition) is 2. The van der Waals surface area contributed by atoms with Gasteiger partial charge in [0.2, 0.25) is 0 Å². The fourth-order valence-corrected chi connectivity index (χ4v) is 3.29. The van der Waals surface area contributed by atoms with E-state index in [1.807, 2.05) is 6.07 Å². The largest absolute Gasteiger partial charge is 0.416 e. The van der Waals surface area contributed by atoms with Crippen molar-refractivity contribution in [2.24, 2.45) is 5.73 Å². The number of aryl methyl sites for hydroxylation is 1. The van der Waals surface area contributed by atoms with Gasteiger partial charge < -0.3 is 10.7 Å². The number of benzene rings is 1. The number of nitrogens with two attached hydrogens (primary N) is 1. The van der Waals surface area contributed by atoms with E-state index >= 15 is 0 Å². The molecule has 3 aromatic rings. The van der Waals surface area contributed by atoms with Gasteiger partial charge in [-0.2, -0.15) is 13.2 Å². The number of pyridine rings is 1. The van der Waals surface area contributed by atoms with Crippen LogP contribution in [-0.2, 0) is 12.6 Å². The number of fused-ring (bicyclic) bond motifs is 1. The number of H-pyrrole nitrogens is 1. The molecule has 0 spiro atoms. The van der Waals surface area contributed by atoms with E-state index in [1.165, 1.54) is 12.1 Å². The first kappa shape index (κ1) is 17.9. The van der Waals surface area contributed by atoms with E-state index in [1.54, 1.807) is 12.4 Å². The first-order valence-corrected chi connectivity index (χ1v) is 8.72. The second kappa shape index (κ2) is 7.17. The van der Waals surface area contributed by atoms with Crippen LogP contribution in [0.25, 0.3) is 22.2 Å². The normalized spacial score (nSPS) is 12.0. The summed E-state index contributed by atoms with van der Waals surface area (Å²) in [5.41, 5.74) is 8.11. The molecular weight excluding hydrogens is 395 g/mol. The molecule has 0 saturated heterocycles. The van der Waals surface area contributed by atoms with Crippen molar-refractivity contribution in [3.05, 3.63) is 52.3 Å². The molecule has 7 heteroatoms. The molecule has 3 N–H and O–H groups in total. The van der Waals surface area contributed by atoms with Crippen molar-refractivity contribution in [2.45, 2.75) is 25.4 Å².